The molecule has 3 rings (SSSR count). The number of piperidine rings is 1. The second-order valence-corrected chi connectivity index (χ2v) is 6.35. The minimum atomic E-state index is 0.0321. The average molecular weight is 318 g/mol. The largest absolute Gasteiger partial charge is 0.481 e. The Bertz CT molecular complexity index is 531. The van der Waals surface area contributed by atoms with Crippen LogP contribution < -0.4 is 10.1 Å². The van der Waals surface area contributed by atoms with E-state index in [4.69, 9.17) is 4.74 Å². The Labute approximate surface area is 137 Å². The zero-order valence-electron chi connectivity index (χ0n) is 13.8. The first-order chi connectivity index (χ1) is 11.3. The van der Waals surface area contributed by atoms with Gasteiger partial charge in [-0.25, -0.2) is 9.78 Å². The van der Waals surface area contributed by atoms with Gasteiger partial charge < -0.3 is 15.0 Å². The third-order valence-electron chi connectivity index (χ3n) is 4.79. The maximum atomic E-state index is 12.4. The lowest BCUT2D eigenvalue weighted by atomic mass is 10.0. The molecule has 2 aliphatic rings. The van der Waals surface area contributed by atoms with Crippen molar-refractivity contribution >= 4 is 6.03 Å². The summed E-state index contributed by atoms with van der Waals surface area (Å²) in [6.07, 6.45) is 6.60. The lowest BCUT2D eigenvalue weighted by molar-refractivity contribution is 0.125. The van der Waals surface area contributed by atoms with E-state index in [2.05, 4.69) is 15.2 Å². The molecule has 2 saturated heterocycles. The minimum absolute atomic E-state index is 0.0321. The van der Waals surface area contributed by atoms with E-state index in [1.54, 1.807) is 13.3 Å². The molecule has 0 aromatic carbocycles. The van der Waals surface area contributed by atoms with Gasteiger partial charge in [-0.2, -0.15) is 0 Å². The van der Waals surface area contributed by atoms with Crippen LogP contribution in [0.2, 0.25) is 0 Å². The van der Waals surface area contributed by atoms with Crippen LogP contribution in [-0.4, -0.2) is 60.1 Å². The smallest absolute Gasteiger partial charge is 0.317 e. The molecule has 0 saturated carbocycles. The van der Waals surface area contributed by atoms with Gasteiger partial charge >= 0.3 is 6.03 Å². The Balaban J connectivity index is 1.50. The molecule has 6 heteroatoms. The monoisotopic (exact) mass is 318 g/mol. The first kappa shape index (κ1) is 16.1. The SMILES string of the molecule is COc1cc(CNC(=O)N2CCC[C@H](N3CCCC3)C2)ccn1. The van der Waals surface area contributed by atoms with E-state index in [-0.39, 0.29) is 6.03 Å². The van der Waals surface area contributed by atoms with Gasteiger partial charge in [0.05, 0.1) is 7.11 Å². The van der Waals surface area contributed by atoms with E-state index in [1.165, 1.54) is 32.4 Å². The number of hydrogen-bond acceptors (Lipinski definition) is 4. The van der Waals surface area contributed by atoms with Crippen molar-refractivity contribution in [2.75, 3.05) is 33.3 Å². The highest BCUT2D eigenvalue weighted by molar-refractivity contribution is 5.74. The van der Waals surface area contributed by atoms with Crippen LogP contribution in [0.15, 0.2) is 18.3 Å². The number of urea groups is 1. The Hall–Kier alpha value is -1.82. The van der Waals surface area contributed by atoms with Gasteiger partial charge in [-0.1, -0.05) is 0 Å². The predicted molar refractivity (Wildman–Crippen MR) is 88.4 cm³/mol. The first-order valence-corrected chi connectivity index (χ1v) is 8.52. The molecule has 1 atom stereocenters. The zero-order chi connectivity index (χ0) is 16.1. The summed E-state index contributed by atoms with van der Waals surface area (Å²) in [5.74, 6) is 0.573. The summed E-state index contributed by atoms with van der Waals surface area (Å²) in [5.41, 5.74) is 0.998. The van der Waals surface area contributed by atoms with Crippen molar-refractivity contribution in [2.24, 2.45) is 0 Å². The van der Waals surface area contributed by atoms with Crippen LogP contribution in [0, 0.1) is 0 Å². The van der Waals surface area contributed by atoms with Crippen LogP contribution in [-0.2, 0) is 6.54 Å². The van der Waals surface area contributed by atoms with Crippen molar-refractivity contribution in [3.8, 4) is 5.88 Å². The number of likely N-dealkylation sites (tertiary alicyclic amines) is 2. The van der Waals surface area contributed by atoms with Crippen molar-refractivity contribution < 1.29 is 9.53 Å². The zero-order valence-corrected chi connectivity index (χ0v) is 13.8. The Kier molecular flexibility index (Phi) is 5.33. The van der Waals surface area contributed by atoms with Crippen LogP contribution in [0.1, 0.15) is 31.2 Å². The van der Waals surface area contributed by atoms with Crippen LogP contribution in [0.4, 0.5) is 4.79 Å². The van der Waals surface area contributed by atoms with E-state index in [1.807, 2.05) is 17.0 Å². The van der Waals surface area contributed by atoms with Gasteiger partial charge in [0, 0.05) is 37.9 Å². The fourth-order valence-electron chi connectivity index (χ4n) is 3.51. The molecule has 2 fully saturated rings. The molecule has 0 radical (unpaired) electrons. The molecule has 126 valence electrons. The number of pyridine rings is 1. The van der Waals surface area contributed by atoms with Crippen LogP contribution in [0.25, 0.3) is 0 Å². The third kappa shape index (κ3) is 4.13. The van der Waals surface area contributed by atoms with Crippen molar-refractivity contribution in [1.29, 1.82) is 0 Å². The van der Waals surface area contributed by atoms with Gasteiger partial charge in [-0.05, 0) is 50.4 Å². The van der Waals surface area contributed by atoms with Crippen molar-refractivity contribution in [2.45, 2.75) is 38.3 Å². The van der Waals surface area contributed by atoms with Gasteiger partial charge in [0.1, 0.15) is 0 Å². The van der Waals surface area contributed by atoms with Gasteiger partial charge in [-0.3, -0.25) is 4.90 Å². The number of methoxy groups -OCH3 is 1. The lowest BCUT2D eigenvalue weighted by Crippen LogP contribution is -2.51. The van der Waals surface area contributed by atoms with Gasteiger partial charge in [-0.15, -0.1) is 0 Å². The molecule has 0 bridgehead atoms. The molecule has 2 aliphatic heterocycles. The third-order valence-corrected chi connectivity index (χ3v) is 4.79. The Morgan fingerprint density at radius 1 is 1.35 bits per heavy atom. The maximum Gasteiger partial charge on any atom is 0.317 e. The molecular formula is C17H26N4O2. The number of aromatic nitrogens is 1. The van der Waals surface area contributed by atoms with E-state index in [0.29, 0.717) is 18.5 Å². The first-order valence-electron chi connectivity index (χ1n) is 8.52. The number of hydrogen-bond donors (Lipinski definition) is 1. The van der Waals surface area contributed by atoms with Gasteiger partial charge in [0.2, 0.25) is 5.88 Å². The number of carbonyl (C=O) groups is 1. The van der Waals surface area contributed by atoms with Crippen LogP contribution in [0.5, 0.6) is 5.88 Å². The van der Waals surface area contributed by atoms with Gasteiger partial charge in [0.15, 0.2) is 0 Å². The molecular weight excluding hydrogens is 292 g/mol. The van der Waals surface area contributed by atoms with E-state index >= 15 is 0 Å². The highest BCUT2D eigenvalue weighted by Crippen LogP contribution is 2.20. The maximum absolute atomic E-state index is 12.4. The van der Waals surface area contributed by atoms with E-state index in [0.717, 1.165) is 25.1 Å². The summed E-state index contributed by atoms with van der Waals surface area (Å²) in [5, 5.41) is 3.02. The van der Waals surface area contributed by atoms with Crippen molar-refractivity contribution in [3.05, 3.63) is 23.9 Å². The Morgan fingerprint density at radius 2 is 2.17 bits per heavy atom. The summed E-state index contributed by atoms with van der Waals surface area (Å²) < 4.78 is 5.11. The summed E-state index contributed by atoms with van der Waals surface area (Å²) in [6, 6.07) is 4.32. The van der Waals surface area contributed by atoms with Gasteiger partial charge in [0.25, 0.3) is 0 Å². The van der Waals surface area contributed by atoms with Crippen molar-refractivity contribution in [1.82, 2.24) is 20.1 Å². The molecule has 0 spiro atoms. The summed E-state index contributed by atoms with van der Waals surface area (Å²) in [7, 11) is 1.59. The summed E-state index contributed by atoms with van der Waals surface area (Å²) in [4.78, 5) is 21.0. The van der Waals surface area contributed by atoms with E-state index < -0.39 is 0 Å². The highest BCUT2D eigenvalue weighted by atomic mass is 16.5. The number of carbonyl (C=O) groups excluding carboxylic acids is 1. The summed E-state index contributed by atoms with van der Waals surface area (Å²) >= 11 is 0. The number of nitrogens with zero attached hydrogens (tertiary/aromatic N) is 3. The number of amides is 2. The molecule has 0 unspecified atom stereocenters. The summed E-state index contributed by atoms with van der Waals surface area (Å²) in [6.45, 7) is 4.60. The fourth-order valence-corrected chi connectivity index (χ4v) is 3.51. The standard InChI is InChI=1S/C17H26N4O2/c1-23-16-11-14(6-7-18-16)12-19-17(22)21-10-4-5-15(13-21)20-8-2-3-9-20/h6-7,11,15H,2-5,8-10,12-13H2,1H3,(H,19,22)/t15-/m0/s1. The fraction of sp³-hybridized carbons (Fsp3) is 0.647. The quantitative estimate of drug-likeness (QED) is 0.920. The number of ether oxygens (including phenoxy) is 1. The minimum Gasteiger partial charge on any atom is -0.481 e. The predicted octanol–water partition coefficient (Wildman–Crippen LogP) is 1.86. The second kappa shape index (κ2) is 7.64. The second-order valence-electron chi connectivity index (χ2n) is 6.35. The molecule has 23 heavy (non-hydrogen) atoms. The molecule has 1 aromatic heterocycles. The Morgan fingerprint density at radius 3 is 2.96 bits per heavy atom. The lowest BCUT2D eigenvalue weighted by Gasteiger charge is -2.37. The number of nitrogens with one attached hydrogen (secondary N) is 1. The normalized spacial score (nSPS) is 22.1. The van der Waals surface area contributed by atoms with E-state index in [9.17, 15) is 4.79 Å². The molecule has 6 nitrogen and oxygen atoms in total. The highest BCUT2D eigenvalue weighted by Gasteiger charge is 2.29. The average Bonchev–Trinajstić information content (AvgIpc) is 3.14. The topological polar surface area (TPSA) is 57.7 Å². The molecule has 1 N–H and O–H groups in total. The van der Waals surface area contributed by atoms with Crippen LogP contribution >= 0.6 is 0 Å². The van der Waals surface area contributed by atoms with Crippen molar-refractivity contribution in [3.63, 3.8) is 0 Å². The molecule has 2 amide bonds. The molecule has 0 aliphatic carbocycles. The number of rotatable bonds is 4. The molecule has 1 aromatic rings. The molecule has 3 heterocycles. The van der Waals surface area contributed by atoms with Crippen LogP contribution in [0.3, 0.4) is 0 Å².